The molecule has 298 valence electrons. The second-order valence-corrected chi connectivity index (χ2v) is 20.7. The first kappa shape index (κ1) is 42.3. The Bertz CT molecular complexity index is 2100. The number of fused-ring (bicyclic) bond motifs is 1. The van der Waals surface area contributed by atoms with Gasteiger partial charge < -0.3 is 29.8 Å². The Labute approximate surface area is 341 Å². The molecule has 6 rings (SSSR count). The number of allylic oxidation sites excluding steroid dienone is 1. The van der Waals surface area contributed by atoms with Crippen molar-refractivity contribution in [1.29, 1.82) is 0 Å². The molecule has 2 aliphatic rings. The molecule has 0 saturated carbocycles. The quantitative estimate of drug-likeness (QED) is 0.0652. The average Bonchev–Trinajstić information content (AvgIpc) is 3.45. The van der Waals surface area contributed by atoms with Crippen molar-refractivity contribution >= 4 is 66.5 Å². The third-order valence-corrected chi connectivity index (χ3v) is 16.9. The summed E-state index contributed by atoms with van der Waals surface area (Å²) in [5.74, 6) is -3.58. The van der Waals surface area contributed by atoms with Gasteiger partial charge in [0.25, 0.3) is 8.32 Å². The van der Waals surface area contributed by atoms with Crippen LogP contribution in [0.25, 0.3) is 6.08 Å². The number of rotatable bonds is 14. The number of aliphatic hydroxyl groups is 2. The van der Waals surface area contributed by atoms with Gasteiger partial charge in [0.15, 0.2) is 0 Å². The molecule has 4 aromatic rings. The Morgan fingerprint density at radius 1 is 0.947 bits per heavy atom. The van der Waals surface area contributed by atoms with Crippen molar-refractivity contribution in [3.63, 3.8) is 0 Å². The van der Waals surface area contributed by atoms with Crippen LogP contribution in [-0.4, -0.2) is 71.9 Å². The number of hydrogen-bond acceptors (Lipinski definition) is 8. The van der Waals surface area contributed by atoms with Crippen molar-refractivity contribution in [1.82, 2.24) is 0 Å². The third kappa shape index (κ3) is 8.47. The number of carbonyl (C=O) groups is 2. The van der Waals surface area contributed by atoms with E-state index in [1.54, 1.807) is 24.3 Å². The molecule has 1 aliphatic carbocycles. The van der Waals surface area contributed by atoms with E-state index in [9.17, 15) is 35.0 Å². The van der Waals surface area contributed by atoms with E-state index in [-0.39, 0.29) is 41.4 Å². The van der Waals surface area contributed by atoms with Gasteiger partial charge in [-0.25, -0.2) is 0 Å². The van der Waals surface area contributed by atoms with Gasteiger partial charge in [0.2, 0.25) is 11.8 Å². The highest BCUT2D eigenvalue weighted by Gasteiger charge is 2.56. The maximum atomic E-state index is 14.4. The summed E-state index contributed by atoms with van der Waals surface area (Å²) in [6.07, 6.45) is 2.41. The summed E-state index contributed by atoms with van der Waals surface area (Å²) in [5.41, 5.74) is 3.27. The summed E-state index contributed by atoms with van der Waals surface area (Å²) in [6, 6.07) is 31.1. The van der Waals surface area contributed by atoms with Gasteiger partial charge in [0.05, 0.1) is 41.9 Å². The molecular weight excluding hydrogens is 757 g/mol. The lowest BCUT2D eigenvalue weighted by atomic mass is 9.68. The van der Waals surface area contributed by atoms with Crippen molar-refractivity contribution in [3.05, 3.63) is 130 Å². The largest absolute Gasteiger partial charge is 0.508 e. The molecule has 9 nitrogen and oxygen atoms in total. The Hall–Kier alpha value is -4.33. The third-order valence-electron chi connectivity index (χ3n) is 11.6. The number of imide groups is 1. The number of benzene rings is 4. The van der Waals surface area contributed by atoms with E-state index in [1.165, 1.54) is 18.2 Å². The van der Waals surface area contributed by atoms with Crippen LogP contribution in [0.4, 0.5) is 5.69 Å². The second-order valence-electron chi connectivity index (χ2n) is 16.0. The number of aliphatic hydroxyl groups excluding tert-OH is 2. The Morgan fingerprint density at radius 3 is 2.16 bits per heavy atom. The molecule has 0 radical (unpaired) electrons. The monoisotopic (exact) mass is 807 g/mol. The van der Waals surface area contributed by atoms with Gasteiger partial charge in [-0.05, 0) is 93.6 Å². The zero-order valence-corrected chi connectivity index (χ0v) is 34.6. The number of halogens is 1. The fourth-order valence-electron chi connectivity index (χ4n) is 8.81. The average molecular weight is 808 g/mol. The molecule has 57 heavy (non-hydrogen) atoms. The van der Waals surface area contributed by atoms with Crippen molar-refractivity contribution in [2.45, 2.75) is 64.5 Å². The predicted octanol–water partition coefficient (Wildman–Crippen LogP) is 5.35. The van der Waals surface area contributed by atoms with Crippen molar-refractivity contribution in [2.75, 3.05) is 18.1 Å². The summed E-state index contributed by atoms with van der Waals surface area (Å²) < 4.78 is 7.37. The summed E-state index contributed by atoms with van der Waals surface area (Å²) in [5, 5.41) is 55.2. The van der Waals surface area contributed by atoms with Crippen LogP contribution < -0.4 is 20.7 Å². The fraction of sp³-hybridized carbons (Fsp3) is 0.333. The van der Waals surface area contributed by atoms with Crippen molar-refractivity contribution in [3.8, 4) is 5.75 Å². The number of carbonyl (C=O) groups excluding carboxylic acids is 2. The van der Waals surface area contributed by atoms with E-state index in [1.807, 2.05) is 49.4 Å². The van der Waals surface area contributed by atoms with Gasteiger partial charge in [-0.2, -0.15) is 0 Å². The fourth-order valence-corrected chi connectivity index (χ4v) is 13.6. The minimum atomic E-state index is -3.10. The van der Waals surface area contributed by atoms with E-state index in [4.69, 9.17) is 16.0 Å². The lowest BCUT2D eigenvalue weighted by molar-refractivity contribution is -0.123. The number of aromatic hydroxyl groups is 1. The summed E-state index contributed by atoms with van der Waals surface area (Å²) in [6.45, 7) is 8.10. The highest BCUT2D eigenvalue weighted by atomic mass is 35.5. The van der Waals surface area contributed by atoms with Crippen LogP contribution in [0.15, 0.2) is 120 Å². The van der Waals surface area contributed by atoms with Crippen LogP contribution in [0.1, 0.15) is 58.9 Å². The lowest BCUT2D eigenvalue weighted by Gasteiger charge is -2.44. The molecule has 1 fully saturated rings. The van der Waals surface area contributed by atoms with Crippen LogP contribution in [0.5, 0.6) is 5.75 Å². The number of anilines is 1. The molecule has 0 aromatic heterocycles. The second kappa shape index (κ2) is 17.7. The molecule has 4 atom stereocenters. The standard InChI is InChI=1S/C45H51BClNO8Si/c1-5-29(23-30-20-21-34(50)26-39(30)47)19-22-40(51)41-31(28-56-57(45(2,3)4,35-15-8-6-9-16-35)36-17-10-7-11-18-36)24-37-42(38(41)27-49)44(53)48(43(37)52)33-14-12-13-32(25-33)46(54)55/h6-18,20-21,23,25-26,37-38,40,42,49-51,54-55H,5,19,22,24,27-28H2,1-4H3/b29-23+/t37-,38+,40-,42-/m1/s1. The number of amides is 2. The highest BCUT2D eigenvalue weighted by Crippen LogP contribution is 2.48. The Balaban J connectivity index is 1.43. The summed E-state index contributed by atoms with van der Waals surface area (Å²) in [4.78, 5) is 29.8. The van der Waals surface area contributed by atoms with Crippen LogP contribution >= 0.6 is 11.6 Å². The molecule has 1 saturated heterocycles. The number of nitrogens with zero attached hydrogens (tertiary/aromatic N) is 1. The zero-order valence-electron chi connectivity index (χ0n) is 32.8. The van der Waals surface area contributed by atoms with Gasteiger partial charge in [0, 0.05) is 5.92 Å². The van der Waals surface area contributed by atoms with Gasteiger partial charge in [0.1, 0.15) is 5.75 Å². The Kier molecular flexibility index (Phi) is 13.1. The van der Waals surface area contributed by atoms with E-state index in [0.717, 1.165) is 26.4 Å². The summed E-state index contributed by atoms with van der Waals surface area (Å²) in [7, 11) is -4.90. The van der Waals surface area contributed by atoms with E-state index in [2.05, 4.69) is 45.0 Å². The van der Waals surface area contributed by atoms with Gasteiger partial charge in [-0.15, -0.1) is 0 Å². The van der Waals surface area contributed by atoms with Gasteiger partial charge >= 0.3 is 7.12 Å². The maximum Gasteiger partial charge on any atom is 0.488 e. The molecule has 0 bridgehead atoms. The van der Waals surface area contributed by atoms with Crippen molar-refractivity contribution < 1.29 is 39.4 Å². The van der Waals surface area contributed by atoms with Crippen LogP contribution in [0.3, 0.4) is 0 Å². The first-order chi connectivity index (χ1) is 27.2. The first-order valence-corrected chi connectivity index (χ1v) is 21.8. The van der Waals surface area contributed by atoms with E-state index in [0.29, 0.717) is 29.0 Å². The molecule has 5 N–H and O–H groups in total. The lowest BCUT2D eigenvalue weighted by Crippen LogP contribution is -2.66. The molecule has 4 aromatic carbocycles. The first-order valence-electron chi connectivity index (χ1n) is 19.5. The summed E-state index contributed by atoms with van der Waals surface area (Å²) >= 11 is 6.43. The molecule has 1 aliphatic heterocycles. The molecule has 1 heterocycles. The SMILES string of the molecule is CC/C(=C\c1ccc(O)cc1Cl)CC[C@@H](O)C1=C(CO[Si](c2ccccc2)(c2ccccc2)C(C)(C)C)C[C@H]2C(=O)N(c3cccc(B(O)O)c3)C(=O)[C@H]2[C@H]1CO. The highest BCUT2D eigenvalue weighted by molar-refractivity contribution is 6.99. The van der Waals surface area contributed by atoms with Crippen LogP contribution in [-0.2, 0) is 14.0 Å². The normalized spacial score (nSPS) is 19.6. The van der Waals surface area contributed by atoms with Crippen LogP contribution in [0.2, 0.25) is 10.1 Å². The van der Waals surface area contributed by atoms with E-state index >= 15 is 0 Å². The van der Waals surface area contributed by atoms with E-state index < -0.39 is 57.7 Å². The Morgan fingerprint density at radius 2 is 1.60 bits per heavy atom. The van der Waals surface area contributed by atoms with Gasteiger partial charge in [-0.3, -0.25) is 14.5 Å². The molecule has 2 amide bonds. The number of hydrogen-bond donors (Lipinski definition) is 5. The molecular formula is C45H51BClNO8Si. The minimum Gasteiger partial charge on any atom is -0.508 e. The zero-order chi connectivity index (χ0) is 41.1. The number of phenols is 1. The molecule has 12 heteroatoms. The minimum absolute atomic E-state index is 0.0621. The smallest absolute Gasteiger partial charge is 0.488 e. The van der Waals surface area contributed by atoms with Crippen LogP contribution in [0, 0.1) is 17.8 Å². The molecule has 0 spiro atoms. The maximum absolute atomic E-state index is 14.4. The topological polar surface area (TPSA) is 148 Å². The number of phenolic OH excluding ortho intramolecular Hbond substituents is 1. The predicted molar refractivity (Wildman–Crippen MR) is 228 cm³/mol. The molecule has 0 unspecified atom stereocenters. The van der Waals surface area contributed by atoms with Gasteiger partial charge in [-0.1, -0.05) is 124 Å². The van der Waals surface area contributed by atoms with Crippen molar-refractivity contribution in [2.24, 2.45) is 17.8 Å².